The van der Waals surface area contributed by atoms with E-state index in [1.54, 1.807) is 25.4 Å². The third-order valence-electron chi connectivity index (χ3n) is 2.53. The highest BCUT2D eigenvalue weighted by Gasteiger charge is 2.08. The lowest BCUT2D eigenvalue weighted by Gasteiger charge is -1.97. The number of nitrogens with one attached hydrogen (secondary N) is 1. The number of oxazole rings is 1. The summed E-state index contributed by atoms with van der Waals surface area (Å²) in [5, 5.41) is 3.24. The Morgan fingerprint density at radius 3 is 2.78 bits per heavy atom. The third kappa shape index (κ3) is 3.11. The number of benzene rings is 1. The first-order valence-corrected chi connectivity index (χ1v) is 5.98. The molecule has 1 heterocycles. The van der Waals surface area contributed by atoms with E-state index in [4.69, 9.17) is 16.0 Å². The highest BCUT2D eigenvalue weighted by Crippen LogP contribution is 2.22. The highest BCUT2D eigenvalue weighted by atomic mass is 35.5. The van der Waals surface area contributed by atoms with E-state index in [2.05, 4.69) is 10.3 Å². The number of halogens is 1. The lowest BCUT2D eigenvalue weighted by molar-refractivity contribution is -0.120. The minimum absolute atomic E-state index is 0.0266. The Bertz CT molecular complexity index is 534. The molecule has 0 fully saturated rings. The van der Waals surface area contributed by atoms with Crippen LogP contribution in [-0.2, 0) is 11.2 Å². The van der Waals surface area contributed by atoms with Crippen molar-refractivity contribution < 1.29 is 9.21 Å². The average Bonchev–Trinajstić information content (AvgIpc) is 2.85. The molecule has 18 heavy (non-hydrogen) atoms. The van der Waals surface area contributed by atoms with E-state index in [1.165, 1.54) is 0 Å². The van der Waals surface area contributed by atoms with Crippen molar-refractivity contribution in [1.82, 2.24) is 10.3 Å². The van der Waals surface area contributed by atoms with Crippen LogP contribution in [-0.4, -0.2) is 17.9 Å². The SMILES string of the molecule is CNC(=O)CCc1ncc(-c2ccc(Cl)cc2)o1. The van der Waals surface area contributed by atoms with E-state index in [9.17, 15) is 4.79 Å². The standard InChI is InChI=1S/C13H13ClN2O2/c1-15-12(17)6-7-13-16-8-11(18-13)9-2-4-10(14)5-3-9/h2-5,8H,6-7H2,1H3,(H,15,17). The Labute approximate surface area is 110 Å². The van der Waals surface area contributed by atoms with Gasteiger partial charge in [-0.15, -0.1) is 0 Å². The van der Waals surface area contributed by atoms with E-state index in [-0.39, 0.29) is 5.91 Å². The molecule has 2 aromatic rings. The van der Waals surface area contributed by atoms with Crippen LogP contribution >= 0.6 is 11.6 Å². The fourth-order valence-corrected chi connectivity index (χ4v) is 1.64. The van der Waals surface area contributed by atoms with Gasteiger partial charge in [0.05, 0.1) is 6.20 Å². The number of amides is 1. The molecule has 0 saturated carbocycles. The van der Waals surface area contributed by atoms with E-state index < -0.39 is 0 Å². The van der Waals surface area contributed by atoms with Crippen molar-refractivity contribution in [2.24, 2.45) is 0 Å². The van der Waals surface area contributed by atoms with Gasteiger partial charge in [0.15, 0.2) is 11.7 Å². The smallest absolute Gasteiger partial charge is 0.220 e. The van der Waals surface area contributed by atoms with Crippen molar-refractivity contribution in [1.29, 1.82) is 0 Å². The summed E-state index contributed by atoms with van der Waals surface area (Å²) in [6.45, 7) is 0. The minimum atomic E-state index is -0.0266. The van der Waals surface area contributed by atoms with Crippen molar-refractivity contribution in [2.45, 2.75) is 12.8 Å². The van der Waals surface area contributed by atoms with Gasteiger partial charge in [0, 0.05) is 30.5 Å². The van der Waals surface area contributed by atoms with Crippen LogP contribution in [0.3, 0.4) is 0 Å². The van der Waals surface area contributed by atoms with Gasteiger partial charge in [-0.25, -0.2) is 4.98 Å². The number of aromatic nitrogens is 1. The lowest BCUT2D eigenvalue weighted by atomic mass is 10.2. The number of aryl methyl sites for hydroxylation is 1. The van der Waals surface area contributed by atoms with Crippen LogP contribution in [0.25, 0.3) is 11.3 Å². The van der Waals surface area contributed by atoms with E-state index in [0.717, 1.165) is 5.56 Å². The molecule has 5 heteroatoms. The second-order valence-electron chi connectivity index (χ2n) is 3.80. The van der Waals surface area contributed by atoms with E-state index in [1.807, 2.05) is 12.1 Å². The quantitative estimate of drug-likeness (QED) is 0.924. The van der Waals surface area contributed by atoms with Crippen LogP contribution in [0, 0.1) is 0 Å². The molecular formula is C13H13ClN2O2. The fraction of sp³-hybridized carbons (Fsp3) is 0.231. The van der Waals surface area contributed by atoms with Crippen LogP contribution in [0.15, 0.2) is 34.9 Å². The minimum Gasteiger partial charge on any atom is -0.441 e. The van der Waals surface area contributed by atoms with Crippen molar-refractivity contribution in [2.75, 3.05) is 7.05 Å². The molecule has 1 aromatic heterocycles. The van der Waals surface area contributed by atoms with E-state index >= 15 is 0 Å². The molecule has 0 saturated heterocycles. The average molecular weight is 265 g/mol. The fourth-order valence-electron chi connectivity index (χ4n) is 1.52. The molecule has 4 nitrogen and oxygen atoms in total. The summed E-state index contributed by atoms with van der Waals surface area (Å²) in [5.41, 5.74) is 0.915. The normalized spacial score (nSPS) is 10.3. The molecule has 0 aliphatic heterocycles. The second kappa shape index (κ2) is 5.69. The van der Waals surface area contributed by atoms with Crippen LogP contribution in [0.1, 0.15) is 12.3 Å². The summed E-state index contributed by atoms with van der Waals surface area (Å²) in [6, 6.07) is 7.32. The molecule has 1 N–H and O–H groups in total. The molecule has 0 aliphatic carbocycles. The Kier molecular flexibility index (Phi) is 3.99. The van der Waals surface area contributed by atoms with E-state index in [0.29, 0.717) is 29.5 Å². The van der Waals surface area contributed by atoms with Crippen molar-refractivity contribution in [3.63, 3.8) is 0 Å². The molecule has 1 aromatic carbocycles. The first kappa shape index (κ1) is 12.6. The van der Waals surface area contributed by atoms with Gasteiger partial charge in [0.2, 0.25) is 5.91 Å². The Morgan fingerprint density at radius 2 is 2.11 bits per heavy atom. The largest absolute Gasteiger partial charge is 0.441 e. The van der Waals surface area contributed by atoms with Gasteiger partial charge < -0.3 is 9.73 Å². The molecule has 0 spiro atoms. The molecular weight excluding hydrogens is 252 g/mol. The lowest BCUT2D eigenvalue weighted by Crippen LogP contribution is -2.17. The zero-order chi connectivity index (χ0) is 13.0. The molecule has 94 valence electrons. The van der Waals surface area contributed by atoms with Crippen LogP contribution in [0.4, 0.5) is 0 Å². The van der Waals surface area contributed by atoms with Gasteiger partial charge >= 0.3 is 0 Å². The predicted molar refractivity (Wildman–Crippen MR) is 69.3 cm³/mol. The number of rotatable bonds is 4. The molecule has 2 rings (SSSR count). The maximum absolute atomic E-state index is 11.1. The van der Waals surface area contributed by atoms with Gasteiger partial charge in [-0.3, -0.25) is 4.79 Å². The second-order valence-corrected chi connectivity index (χ2v) is 4.23. The zero-order valence-electron chi connectivity index (χ0n) is 9.94. The summed E-state index contributed by atoms with van der Waals surface area (Å²) in [4.78, 5) is 15.2. The van der Waals surface area contributed by atoms with Gasteiger partial charge in [-0.1, -0.05) is 11.6 Å². The van der Waals surface area contributed by atoms with Crippen molar-refractivity contribution >= 4 is 17.5 Å². The maximum Gasteiger partial charge on any atom is 0.220 e. The van der Waals surface area contributed by atoms with Crippen molar-refractivity contribution in [3.8, 4) is 11.3 Å². The Balaban J connectivity index is 2.06. The summed E-state index contributed by atoms with van der Waals surface area (Å²) in [6.07, 6.45) is 2.52. The first-order chi connectivity index (χ1) is 8.69. The molecule has 0 aliphatic rings. The zero-order valence-corrected chi connectivity index (χ0v) is 10.7. The monoisotopic (exact) mass is 264 g/mol. The molecule has 0 bridgehead atoms. The van der Waals surface area contributed by atoms with Crippen molar-refractivity contribution in [3.05, 3.63) is 41.4 Å². The van der Waals surface area contributed by atoms with Gasteiger partial charge in [-0.2, -0.15) is 0 Å². The highest BCUT2D eigenvalue weighted by molar-refractivity contribution is 6.30. The van der Waals surface area contributed by atoms with Crippen LogP contribution < -0.4 is 5.32 Å². The first-order valence-electron chi connectivity index (χ1n) is 5.60. The number of carbonyl (C=O) groups excluding carboxylic acids is 1. The summed E-state index contributed by atoms with van der Waals surface area (Å²) in [5.74, 6) is 1.21. The van der Waals surface area contributed by atoms with Crippen LogP contribution in [0.5, 0.6) is 0 Å². The molecule has 0 unspecified atom stereocenters. The predicted octanol–water partition coefficient (Wildman–Crippen LogP) is 2.67. The van der Waals surface area contributed by atoms with Gasteiger partial charge in [-0.05, 0) is 24.3 Å². The molecule has 0 radical (unpaired) electrons. The van der Waals surface area contributed by atoms with Crippen LogP contribution in [0.2, 0.25) is 5.02 Å². The maximum atomic E-state index is 11.1. The molecule has 0 atom stereocenters. The number of hydrogen-bond donors (Lipinski definition) is 1. The Morgan fingerprint density at radius 1 is 1.39 bits per heavy atom. The summed E-state index contributed by atoms with van der Waals surface area (Å²) in [7, 11) is 1.61. The Hall–Kier alpha value is -1.81. The van der Waals surface area contributed by atoms with Gasteiger partial charge in [0.25, 0.3) is 0 Å². The summed E-state index contributed by atoms with van der Waals surface area (Å²) < 4.78 is 5.57. The number of hydrogen-bond acceptors (Lipinski definition) is 3. The number of carbonyl (C=O) groups is 1. The topological polar surface area (TPSA) is 55.1 Å². The molecule has 1 amide bonds. The number of nitrogens with zero attached hydrogens (tertiary/aromatic N) is 1. The van der Waals surface area contributed by atoms with Gasteiger partial charge in [0.1, 0.15) is 0 Å². The summed E-state index contributed by atoms with van der Waals surface area (Å²) >= 11 is 5.81. The third-order valence-corrected chi connectivity index (χ3v) is 2.78.